The molecule has 0 bridgehead atoms. The maximum Gasteiger partial charge on any atom is 0.251 e. The summed E-state index contributed by atoms with van der Waals surface area (Å²) < 4.78 is 13.0. The smallest absolute Gasteiger partial charge is 0.251 e. The molecular formula is C14H15FN2OS. The molecule has 2 rings (SSSR count). The first-order chi connectivity index (χ1) is 9.06. The minimum absolute atomic E-state index is 0.0115. The number of nitrogens with two attached hydrogens (primary N) is 1. The molecule has 3 N–H and O–H groups in total. The molecule has 0 aliphatic rings. The van der Waals surface area contributed by atoms with Crippen molar-refractivity contribution in [2.75, 3.05) is 5.73 Å². The van der Waals surface area contributed by atoms with Gasteiger partial charge in [0.1, 0.15) is 5.82 Å². The van der Waals surface area contributed by atoms with Gasteiger partial charge in [0.25, 0.3) is 5.91 Å². The third kappa shape index (κ3) is 3.54. The fourth-order valence-electron chi connectivity index (χ4n) is 1.77. The Kier molecular flexibility index (Phi) is 4.16. The highest BCUT2D eigenvalue weighted by Crippen LogP contribution is 2.14. The maximum atomic E-state index is 13.0. The third-order valence-corrected chi connectivity index (χ3v) is 3.62. The lowest BCUT2D eigenvalue weighted by Gasteiger charge is -2.13. The fraction of sp³-hybridized carbons (Fsp3) is 0.214. The lowest BCUT2D eigenvalue weighted by Crippen LogP contribution is -2.33. The summed E-state index contributed by atoms with van der Waals surface area (Å²) in [5.41, 5.74) is 5.80. The molecule has 1 unspecified atom stereocenters. The molecule has 0 saturated carbocycles. The molecule has 1 amide bonds. The maximum absolute atomic E-state index is 13.0. The molecular weight excluding hydrogens is 263 g/mol. The van der Waals surface area contributed by atoms with Crippen molar-refractivity contribution in [1.29, 1.82) is 0 Å². The van der Waals surface area contributed by atoms with Crippen LogP contribution in [0.1, 0.15) is 22.2 Å². The molecule has 0 aliphatic carbocycles. The van der Waals surface area contributed by atoms with E-state index in [9.17, 15) is 9.18 Å². The summed E-state index contributed by atoms with van der Waals surface area (Å²) in [5, 5.41) is 4.88. The van der Waals surface area contributed by atoms with E-state index in [1.54, 1.807) is 11.3 Å². The van der Waals surface area contributed by atoms with E-state index in [1.807, 2.05) is 24.4 Å². The normalized spacial score (nSPS) is 12.1. The molecule has 0 spiro atoms. The van der Waals surface area contributed by atoms with Crippen LogP contribution < -0.4 is 11.1 Å². The quantitative estimate of drug-likeness (QED) is 0.845. The average molecular weight is 278 g/mol. The monoisotopic (exact) mass is 278 g/mol. The zero-order valence-corrected chi connectivity index (χ0v) is 11.3. The van der Waals surface area contributed by atoms with E-state index in [2.05, 4.69) is 5.32 Å². The average Bonchev–Trinajstić information content (AvgIpc) is 2.85. The van der Waals surface area contributed by atoms with Crippen molar-refractivity contribution in [3.05, 3.63) is 52.0 Å². The van der Waals surface area contributed by atoms with Gasteiger partial charge in [-0.2, -0.15) is 0 Å². The molecule has 1 aromatic heterocycles. The van der Waals surface area contributed by atoms with Gasteiger partial charge in [0, 0.05) is 22.9 Å². The summed E-state index contributed by atoms with van der Waals surface area (Å²) in [6, 6.07) is 8.01. The zero-order chi connectivity index (χ0) is 13.8. The number of thiophene rings is 1. The first-order valence-corrected chi connectivity index (χ1v) is 6.82. The van der Waals surface area contributed by atoms with E-state index in [0.717, 1.165) is 6.42 Å². The molecule has 0 aliphatic heterocycles. The summed E-state index contributed by atoms with van der Waals surface area (Å²) in [4.78, 5) is 13.2. The van der Waals surface area contributed by atoms with Gasteiger partial charge in [-0.3, -0.25) is 4.79 Å². The number of nitrogen functional groups attached to an aromatic ring is 1. The second kappa shape index (κ2) is 5.84. The van der Waals surface area contributed by atoms with Gasteiger partial charge in [0.05, 0.1) is 5.69 Å². The predicted octanol–water partition coefficient (Wildman–Crippen LogP) is 2.83. The zero-order valence-electron chi connectivity index (χ0n) is 10.5. The Morgan fingerprint density at radius 3 is 2.89 bits per heavy atom. The number of anilines is 1. The van der Waals surface area contributed by atoms with Crippen LogP contribution in [-0.4, -0.2) is 11.9 Å². The highest BCUT2D eigenvalue weighted by atomic mass is 32.1. The van der Waals surface area contributed by atoms with Gasteiger partial charge in [-0.1, -0.05) is 6.07 Å². The Balaban J connectivity index is 1.98. The van der Waals surface area contributed by atoms with Crippen molar-refractivity contribution in [2.45, 2.75) is 19.4 Å². The number of benzene rings is 1. The van der Waals surface area contributed by atoms with E-state index < -0.39 is 5.82 Å². The summed E-state index contributed by atoms with van der Waals surface area (Å²) >= 11 is 1.66. The molecule has 1 atom stereocenters. The SMILES string of the molecule is CC(Cc1cccs1)NC(=O)c1ccc(F)c(N)c1. The minimum Gasteiger partial charge on any atom is -0.396 e. The van der Waals surface area contributed by atoms with Gasteiger partial charge < -0.3 is 11.1 Å². The van der Waals surface area contributed by atoms with Crippen molar-refractivity contribution in [1.82, 2.24) is 5.32 Å². The topological polar surface area (TPSA) is 55.1 Å². The standard InChI is InChI=1S/C14H15FN2OS/c1-9(7-11-3-2-6-19-11)17-14(18)10-4-5-12(15)13(16)8-10/h2-6,8-9H,7,16H2,1H3,(H,17,18). The van der Waals surface area contributed by atoms with Crippen molar-refractivity contribution in [2.24, 2.45) is 0 Å². The van der Waals surface area contributed by atoms with Crippen LogP contribution in [0.4, 0.5) is 10.1 Å². The predicted molar refractivity (Wildman–Crippen MR) is 75.8 cm³/mol. The van der Waals surface area contributed by atoms with Gasteiger partial charge in [0.15, 0.2) is 0 Å². The van der Waals surface area contributed by atoms with Crippen LogP contribution in [0.15, 0.2) is 35.7 Å². The van der Waals surface area contributed by atoms with Crippen molar-refractivity contribution in [3.8, 4) is 0 Å². The van der Waals surface area contributed by atoms with Crippen LogP contribution in [0, 0.1) is 5.82 Å². The minimum atomic E-state index is -0.511. The van der Waals surface area contributed by atoms with E-state index >= 15 is 0 Å². The summed E-state index contributed by atoms with van der Waals surface area (Å²) in [6.07, 6.45) is 0.778. The molecule has 19 heavy (non-hydrogen) atoms. The van der Waals surface area contributed by atoms with Crippen LogP contribution in [0.2, 0.25) is 0 Å². The number of amides is 1. The van der Waals surface area contributed by atoms with E-state index in [0.29, 0.717) is 5.56 Å². The van der Waals surface area contributed by atoms with Crippen LogP contribution in [-0.2, 0) is 6.42 Å². The highest BCUT2D eigenvalue weighted by molar-refractivity contribution is 7.09. The Hall–Kier alpha value is -1.88. The van der Waals surface area contributed by atoms with Crippen LogP contribution >= 0.6 is 11.3 Å². The number of carbonyl (C=O) groups excluding carboxylic acids is 1. The Morgan fingerprint density at radius 1 is 1.47 bits per heavy atom. The van der Waals surface area contributed by atoms with E-state index in [-0.39, 0.29) is 17.6 Å². The Bertz CT molecular complexity index is 569. The number of hydrogen-bond acceptors (Lipinski definition) is 3. The lowest BCUT2D eigenvalue weighted by atomic mass is 10.1. The Morgan fingerprint density at radius 2 is 2.26 bits per heavy atom. The number of nitrogens with one attached hydrogen (secondary N) is 1. The van der Waals surface area contributed by atoms with Crippen LogP contribution in [0.25, 0.3) is 0 Å². The Labute approximate surface area is 115 Å². The number of rotatable bonds is 4. The number of halogens is 1. The van der Waals surface area contributed by atoms with Gasteiger partial charge in [0.2, 0.25) is 0 Å². The molecule has 0 radical (unpaired) electrons. The van der Waals surface area contributed by atoms with Crippen LogP contribution in [0.3, 0.4) is 0 Å². The van der Waals surface area contributed by atoms with Gasteiger partial charge in [-0.15, -0.1) is 11.3 Å². The van der Waals surface area contributed by atoms with Crippen molar-refractivity contribution in [3.63, 3.8) is 0 Å². The molecule has 5 heteroatoms. The summed E-state index contributed by atoms with van der Waals surface area (Å²) in [7, 11) is 0. The first-order valence-electron chi connectivity index (χ1n) is 5.94. The lowest BCUT2D eigenvalue weighted by molar-refractivity contribution is 0.0940. The van der Waals surface area contributed by atoms with E-state index in [4.69, 9.17) is 5.73 Å². The second-order valence-corrected chi connectivity index (χ2v) is 5.43. The second-order valence-electron chi connectivity index (χ2n) is 4.39. The number of carbonyl (C=O) groups is 1. The fourth-order valence-corrected chi connectivity index (χ4v) is 2.61. The molecule has 0 saturated heterocycles. The molecule has 1 heterocycles. The van der Waals surface area contributed by atoms with Gasteiger partial charge >= 0.3 is 0 Å². The van der Waals surface area contributed by atoms with Gasteiger partial charge in [-0.05, 0) is 36.6 Å². The highest BCUT2D eigenvalue weighted by Gasteiger charge is 2.12. The van der Waals surface area contributed by atoms with Crippen molar-refractivity contribution < 1.29 is 9.18 Å². The summed E-state index contributed by atoms with van der Waals surface area (Å²) in [5.74, 6) is -0.751. The van der Waals surface area contributed by atoms with Gasteiger partial charge in [-0.25, -0.2) is 4.39 Å². The van der Waals surface area contributed by atoms with Crippen molar-refractivity contribution >= 4 is 22.9 Å². The molecule has 3 nitrogen and oxygen atoms in total. The molecule has 1 aromatic carbocycles. The summed E-state index contributed by atoms with van der Waals surface area (Å²) in [6.45, 7) is 1.94. The molecule has 2 aromatic rings. The third-order valence-electron chi connectivity index (χ3n) is 2.72. The molecule has 0 fully saturated rings. The van der Waals surface area contributed by atoms with Crippen LogP contribution in [0.5, 0.6) is 0 Å². The molecule has 100 valence electrons. The number of hydrogen-bond donors (Lipinski definition) is 2. The first kappa shape index (κ1) is 13.5. The van der Waals surface area contributed by atoms with E-state index in [1.165, 1.54) is 23.1 Å². The largest absolute Gasteiger partial charge is 0.396 e.